The summed E-state index contributed by atoms with van der Waals surface area (Å²) in [5.74, 6) is -0.243. The third kappa shape index (κ3) is 15.8. The van der Waals surface area contributed by atoms with E-state index >= 15 is 0 Å². The van der Waals surface area contributed by atoms with Crippen LogP contribution in [-0.2, 0) is 9.53 Å². The molecule has 1 amide bonds. The normalized spacial score (nSPS) is 9.69. The number of aliphatic hydroxyl groups is 1. The van der Waals surface area contributed by atoms with Gasteiger partial charge in [-0.1, -0.05) is 6.58 Å². The van der Waals surface area contributed by atoms with Gasteiger partial charge in [0.15, 0.2) is 0 Å². The summed E-state index contributed by atoms with van der Waals surface area (Å²) in [5.41, 5.74) is -0.645. The number of carbonyl (C=O) groups excluding carboxylic acids is 1. The molecule has 16 heavy (non-hydrogen) atoms. The fraction of sp³-hybridized carbons (Fsp3) is 0.700. The molecule has 0 fully saturated rings. The number of hydrogen-bond acceptors (Lipinski definition) is 4. The minimum atomic E-state index is -0.645. The van der Waals surface area contributed by atoms with Crippen LogP contribution in [0.15, 0.2) is 12.7 Å². The summed E-state index contributed by atoms with van der Waals surface area (Å²) >= 11 is 0. The molecule has 0 spiro atoms. The molecule has 0 atom stereocenters. The molecule has 6 heteroatoms. The quantitative estimate of drug-likeness (QED) is 0.364. The average Bonchev–Trinajstić information content (AvgIpc) is 2.08. The van der Waals surface area contributed by atoms with Crippen molar-refractivity contribution >= 4 is 18.3 Å². The van der Waals surface area contributed by atoms with Gasteiger partial charge in [-0.25, -0.2) is 0 Å². The van der Waals surface area contributed by atoms with E-state index in [4.69, 9.17) is 4.74 Å². The second-order valence-electron chi connectivity index (χ2n) is 3.71. The summed E-state index contributed by atoms with van der Waals surface area (Å²) in [5, 5.41) is 11.9. The first-order valence-corrected chi connectivity index (χ1v) is 4.66. The van der Waals surface area contributed by atoms with Crippen molar-refractivity contribution in [2.24, 2.45) is 0 Å². The summed E-state index contributed by atoms with van der Waals surface area (Å²) in [6, 6.07) is 0. The highest BCUT2D eigenvalue weighted by Gasteiger charge is 2.10. The number of amides is 1. The smallest absolute Gasteiger partial charge is 0.245 e. The summed E-state index contributed by atoms with van der Waals surface area (Å²) in [6.45, 7) is 7.54. The second-order valence-corrected chi connectivity index (χ2v) is 3.71. The third-order valence-corrected chi connectivity index (χ3v) is 1.61. The molecule has 0 radical (unpaired) electrons. The summed E-state index contributed by atoms with van der Waals surface area (Å²) < 4.78 is 5.11. The van der Waals surface area contributed by atoms with Crippen LogP contribution >= 0.6 is 12.4 Å². The molecule has 0 aromatic carbocycles. The largest absolute Gasteiger partial charge is 0.390 e. The van der Waals surface area contributed by atoms with E-state index in [-0.39, 0.29) is 31.2 Å². The number of ether oxygens (including phenoxy) is 1. The fourth-order valence-corrected chi connectivity index (χ4v) is 0.873. The predicted octanol–water partition coefficient (Wildman–Crippen LogP) is 1.40. The molecule has 98 valence electrons. The van der Waals surface area contributed by atoms with E-state index in [1.807, 2.05) is 0 Å². The van der Waals surface area contributed by atoms with E-state index in [1.165, 1.54) is 6.08 Å². The highest BCUT2D eigenvalue weighted by Crippen LogP contribution is 2.09. The first-order valence-electron chi connectivity index (χ1n) is 4.66. The molecule has 5 nitrogen and oxygen atoms in total. The molecule has 0 rings (SSSR count). The zero-order chi connectivity index (χ0) is 11.0. The standard InChI is InChI=1S/C10H19NO3.ClH.H3N/c1-4-9(12)11-8-14-7-5-6-10(2,3)13;;/h4,13H,1,5-8H2,2-3H3,(H,11,12);1H;1H3. The molecule has 0 unspecified atom stereocenters. The molecule has 0 aliphatic heterocycles. The molecular formula is C10H23ClN2O3. The van der Waals surface area contributed by atoms with E-state index in [0.29, 0.717) is 13.0 Å². The Labute approximate surface area is 103 Å². The van der Waals surface area contributed by atoms with Gasteiger partial charge in [0.1, 0.15) is 6.73 Å². The van der Waals surface area contributed by atoms with Crippen molar-refractivity contribution in [1.82, 2.24) is 11.5 Å². The number of hydrogen-bond donors (Lipinski definition) is 3. The Kier molecular flexibility index (Phi) is 14.1. The number of carbonyl (C=O) groups is 1. The van der Waals surface area contributed by atoms with Gasteiger partial charge in [-0.05, 0) is 32.8 Å². The summed E-state index contributed by atoms with van der Waals surface area (Å²) in [6.07, 6.45) is 2.65. The van der Waals surface area contributed by atoms with Gasteiger partial charge in [0.25, 0.3) is 0 Å². The Balaban J connectivity index is -0.000000845. The van der Waals surface area contributed by atoms with Crippen LogP contribution in [0.3, 0.4) is 0 Å². The van der Waals surface area contributed by atoms with Crippen LogP contribution in [0, 0.1) is 0 Å². The Bertz CT molecular complexity index is 193. The van der Waals surface area contributed by atoms with E-state index in [0.717, 1.165) is 6.42 Å². The van der Waals surface area contributed by atoms with Crippen molar-refractivity contribution in [3.05, 3.63) is 12.7 Å². The SMILES string of the molecule is C=CC(=O)NCOCCCC(C)(C)O.Cl.N. The van der Waals surface area contributed by atoms with Crippen LogP contribution in [0.4, 0.5) is 0 Å². The summed E-state index contributed by atoms with van der Waals surface area (Å²) in [7, 11) is 0. The van der Waals surface area contributed by atoms with Gasteiger partial charge in [-0.3, -0.25) is 4.79 Å². The number of halogens is 1. The third-order valence-electron chi connectivity index (χ3n) is 1.61. The van der Waals surface area contributed by atoms with Gasteiger partial charge in [-0.15, -0.1) is 12.4 Å². The maximum Gasteiger partial charge on any atom is 0.245 e. The fourth-order valence-electron chi connectivity index (χ4n) is 0.873. The maximum atomic E-state index is 10.7. The lowest BCUT2D eigenvalue weighted by Gasteiger charge is -2.16. The van der Waals surface area contributed by atoms with Gasteiger partial charge in [0, 0.05) is 6.61 Å². The molecule has 0 aromatic rings. The Hall–Kier alpha value is -0.620. The van der Waals surface area contributed by atoms with Crippen LogP contribution in [-0.4, -0.2) is 30.0 Å². The van der Waals surface area contributed by atoms with Crippen molar-refractivity contribution in [3.8, 4) is 0 Å². The Morgan fingerprint density at radius 2 is 2.12 bits per heavy atom. The average molecular weight is 255 g/mol. The lowest BCUT2D eigenvalue weighted by molar-refractivity contribution is -0.118. The van der Waals surface area contributed by atoms with Gasteiger partial charge >= 0.3 is 0 Å². The lowest BCUT2D eigenvalue weighted by Crippen LogP contribution is -2.25. The molecule has 0 saturated heterocycles. The van der Waals surface area contributed by atoms with Crippen LogP contribution in [0.1, 0.15) is 26.7 Å². The lowest BCUT2D eigenvalue weighted by atomic mass is 10.0. The van der Waals surface area contributed by atoms with Crippen LogP contribution in [0.5, 0.6) is 0 Å². The minimum Gasteiger partial charge on any atom is -0.390 e. The van der Waals surface area contributed by atoms with Crippen LogP contribution < -0.4 is 11.5 Å². The van der Waals surface area contributed by atoms with Gasteiger partial charge < -0.3 is 21.3 Å². The predicted molar refractivity (Wildman–Crippen MR) is 67.0 cm³/mol. The number of nitrogens with one attached hydrogen (secondary N) is 1. The van der Waals surface area contributed by atoms with E-state index < -0.39 is 5.60 Å². The molecule has 0 heterocycles. The highest BCUT2D eigenvalue weighted by molar-refractivity contribution is 5.86. The van der Waals surface area contributed by atoms with Crippen molar-refractivity contribution in [1.29, 1.82) is 0 Å². The van der Waals surface area contributed by atoms with E-state index in [1.54, 1.807) is 13.8 Å². The van der Waals surface area contributed by atoms with Crippen molar-refractivity contribution in [2.45, 2.75) is 32.3 Å². The molecular weight excluding hydrogens is 232 g/mol. The van der Waals surface area contributed by atoms with Gasteiger partial charge in [0.05, 0.1) is 5.60 Å². The van der Waals surface area contributed by atoms with Crippen molar-refractivity contribution in [3.63, 3.8) is 0 Å². The molecule has 0 aromatic heterocycles. The zero-order valence-electron chi connectivity index (χ0n) is 9.99. The molecule has 5 N–H and O–H groups in total. The van der Waals surface area contributed by atoms with E-state index in [9.17, 15) is 9.90 Å². The first-order chi connectivity index (χ1) is 6.45. The van der Waals surface area contributed by atoms with Crippen LogP contribution in [0.2, 0.25) is 0 Å². The monoisotopic (exact) mass is 254 g/mol. The van der Waals surface area contributed by atoms with Crippen molar-refractivity contribution in [2.75, 3.05) is 13.3 Å². The van der Waals surface area contributed by atoms with Crippen LogP contribution in [0.25, 0.3) is 0 Å². The highest BCUT2D eigenvalue weighted by atomic mass is 35.5. The Morgan fingerprint density at radius 3 is 2.56 bits per heavy atom. The number of rotatable bonds is 7. The zero-order valence-corrected chi connectivity index (χ0v) is 10.8. The van der Waals surface area contributed by atoms with Gasteiger partial charge in [-0.2, -0.15) is 0 Å². The molecule has 0 bridgehead atoms. The van der Waals surface area contributed by atoms with Gasteiger partial charge in [0.2, 0.25) is 5.91 Å². The van der Waals surface area contributed by atoms with E-state index in [2.05, 4.69) is 11.9 Å². The second kappa shape index (κ2) is 10.9. The molecule has 0 saturated carbocycles. The maximum absolute atomic E-state index is 10.7. The minimum absolute atomic E-state index is 0. The topological polar surface area (TPSA) is 93.6 Å². The molecule has 0 aliphatic carbocycles. The Morgan fingerprint density at radius 1 is 1.56 bits per heavy atom. The molecule has 0 aliphatic rings. The first kappa shape index (κ1) is 20.8. The van der Waals surface area contributed by atoms with Crippen molar-refractivity contribution < 1.29 is 14.6 Å². The summed E-state index contributed by atoms with van der Waals surface area (Å²) in [4.78, 5) is 10.7.